The van der Waals surface area contributed by atoms with Gasteiger partial charge in [0.1, 0.15) is 0 Å². The van der Waals surface area contributed by atoms with Gasteiger partial charge in [-0.05, 0) is 37.5 Å². The van der Waals surface area contributed by atoms with Gasteiger partial charge in [0.05, 0.1) is 4.90 Å². The Morgan fingerprint density at radius 2 is 2.06 bits per heavy atom. The van der Waals surface area contributed by atoms with Crippen molar-refractivity contribution in [1.29, 1.82) is 0 Å². The Balaban J connectivity index is 2.17. The second-order valence-electron chi connectivity index (χ2n) is 4.39. The molecule has 0 radical (unpaired) electrons. The summed E-state index contributed by atoms with van der Waals surface area (Å²) in [6.07, 6.45) is 1.98. The Morgan fingerprint density at radius 1 is 1.39 bits per heavy atom. The molecule has 1 saturated carbocycles. The molecule has 7 heteroatoms. The molecular formula is C11H15N3O3S. The Labute approximate surface area is 106 Å². The highest BCUT2D eigenvalue weighted by molar-refractivity contribution is 7.89. The summed E-state index contributed by atoms with van der Waals surface area (Å²) >= 11 is 0. The smallest absolute Gasteiger partial charge is 0.319 e. The van der Waals surface area contributed by atoms with E-state index < -0.39 is 10.0 Å². The molecule has 0 atom stereocenters. The van der Waals surface area contributed by atoms with Gasteiger partial charge < -0.3 is 10.6 Å². The van der Waals surface area contributed by atoms with Crippen molar-refractivity contribution in [2.45, 2.75) is 30.7 Å². The quantitative estimate of drug-likeness (QED) is 0.760. The van der Waals surface area contributed by atoms with Gasteiger partial charge in [-0.25, -0.2) is 18.4 Å². The molecule has 0 aliphatic heterocycles. The van der Waals surface area contributed by atoms with E-state index >= 15 is 0 Å². The third-order valence-corrected chi connectivity index (χ3v) is 3.61. The van der Waals surface area contributed by atoms with Crippen LogP contribution in [0.3, 0.4) is 0 Å². The van der Waals surface area contributed by atoms with Gasteiger partial charge in [0, 0.05) is 11.7 Å². The largest absolute Gasteiger partial charge is 0.335 e. The molecule has 98 valence electrons. The fourth-order valence-corrected chi connectivity index (χ4v) is 2.02. The summed E-state index contributed by atoms with van der Waals surface area (Å²) < 4.78 is 22.4. The zero-order valence-corrected chi connectivity index (χ0v) is 10.8. The Morgan fingerprint density at radius 3 is 2.61 bits per heavy atom. The minimum absolute atomic E-state index is 0.0187. The second-order valence-corrected chi connectivity index (χ2v) is 5.96. The van der Waals surface area contributed by atoms with Gasteiger partial charge in [-0.2, -0.15) is 0 Å². The normalized spacial score (nSPS) is 15.2. The predicted molar refractivity (Wildman–Crippen MR) is 67.7 cm³/mol. The van der Waals surface area contributed by atoms with Crippen molar-refractivity contribution in [3.63, 3.8) is 0 Å². The minimum atomic E-state index is -3.76. The van der Waals surface area contributed by atoms with Gasteiger partial charge in [-0.3, -0.25) is 0 Å². The zero-order chi connectivity index (χ0) is 13.3. The van der Waals surface area contributed by atoms with Crippen LogP contribution < -0.4 is 15.8 Å². The molecule has 0 spiro atoms. The number of urea groups is 1. The molecule has 0 aromatic heterocycles. The number of benzene rings is 1. The van der Waals surface area contributed by atoms with Gasteiger partial charge in [-0.15, -0.1) is 0 Å². The lowest BCUT2D eigenvalue weighted by atomic mass is 10.2. The number of nitrogens with one attached hydrogen (secondary N) is 2. The molecule has 0 unspecified atom stereocenters. The molecule has 4 N–H and O–H groups in total. The van der Waals surface area contributed by atoms with Crippen LogP contribution in [0.2, 0.25) is 0 Å². The number of nitrogens with two attached hydrogens (primary N) is 1. The summed E-state index contributed by atoms with van der Waals surface area (Å²) in [4.78, 5) is 11.6. The van der Waals surface area contributed by atoms with Crippen LogP contribution in [0.15, 0.2) is 23.1 Å². The highest BCUT2D eigenvalue weighted by Crippen LogP contribution is 2.21. The fourth-order valence-electron chi connectivity index (χ4n) is 1.48. The van der Waals surface area contributed by atoms with Crippen LogP contribution in [0.5, 0.6) is 0 Å². The number of carbonyl (C=O) groups is 1. The summed E-state index contributed by atoms with van der Waals surface area (Å²) in [6.45, 7) is 1.78. The van der Waals surface area contributed by atoms with E-state index in [2.05, 4.69) is 10.6 Å². The first-order valence-electron chi connectivity index (χ1n) is 5.57. The fraction of sp³-hybridized carbons (Fsp3) is 0.364. The van der Waals surface area contributed by atoms with Gasteiger partial charge in [0.2, 0.25) is 10.0 Å². The first-order valence-corrected chi connectivity index (χ1v) is 7.12. The number of amides is 2. The molecule has 1 aromatic carbocycles. The highest BCUT2D eigenvalue weighted by atomic mass is 32.2. The third-order valence-electron chi connectivity index (χ3n) is 2.70. The summed E-state index contributed by atoms with van der Waals surface area (Å²) in [5.41, 5.74) is 1.22. The van der Waals surface area contributed by atoms with E-state index in [1.807, 2.05) is 0 Å². The Kier molecular flexibility index (Phi) is 3.27. The molecule has 1 aliphatic carbocycles. The molecule has 1 aromatic rings. The maximum atomic E-state index is 11.6. The molecule has 2 amide bonds. The van der Waals surface area contributed by atoms with Gasteiger partial charge >= 0.3 is 6.03 Å². The minimum Gasteiger partial charge on any atom is -0.335 e. The monoisotopic (exact) mass is 269 g/mol. The van der Waals surface area contributed by atoms with Crippen LogP contribution in [0.4, 0.5) is 10.5 Å². The maximum absolute atomic E-state index is 11.6. The molecule has 6 nitrogen and oxygen atoms in total. The first-order chi connectivity index (χ1) is 8.36. The van der Waals surface area contributed by atoms with E-state index in [4.69, 9.17) is 5.14 Å². The number of hydrogen-bond acceptors (Lipinski definition) is 3. The standard InChI is InChI=1S/C11H15N3O3S/c1-7-2-5-9(18(12,16)17)6-10(7)14-11(15)13-8-3-4-8/h2,5-6,8H,3-4H2,1H3,(H2,12,16,17)(H2,13,14,15). The summed E-state index contributed by atoms with van der Waals surface area (Å²) in [5, 5.41) is 10.4. The molecule has 2 rings (SSSR count). The van der Waals surface area contributed by atoms with Crippen LogP contribution in [-0.4, -0.2) is 20.5 Å². The number of rotatable bonds is 3. The van der Waals surface area contributed by atoms with Crippen LogP contribution in [-0.2, 0) is 10.0 Å². The predicted octanol–water partition coefficient (Wildman–Crippen LogP) is 0.926. The lowest BCUT2D eigenvalue weighted by molar-refractivity contribution is 0.251. The number of primary sulfonamides is 1. The zero-order valence-electron chi connectivity index (χ0n) is 9.93. The number of hydrogen-bond donors (Lipinski definition) is 3. The number of aryl methyl sites for hydroxylation is 1. The summed E-state index contributed by atoms with van der Waals surface area (Å²) in [5.74, 6) is 0. The van der Waals surface area contributed by atoms with Crippen molar-refractivity contribution in [3.8, 4) is 0 Å². The lowest BCUT2D eigenvalue weighted by Gasteiger charge is -2.10. The van der Waals surface area contributed by atoms with Crippen LogP contribution in [0, 0.1) is 6.92 Å². The number of carbonyl (C=O) groups excluding carboxylic acids is 1. The van der Waals surface area contributed by atoms with Crippen molar-refractivity contribution in [1.82, 2.24) is 5.32 Å². The van der Waals surface area contributed by atoms with E-state index in [1.54, 1.807) is 13.0 Å². The molecular weight excluding hydrogens is 254 g/mol. The second kappa shape index (κ2) is 4.58. The first kappa shape index (κ1) is 12.8. The molecule has 1 fully saturated rings. The Bertz CT molecular complexity index is 579. The summed E-state index contributed by atoms with van der Waals surface area (Å²) in [7, 11) is -3.76. The lowest BCUT2D eigenvalue weighted by Crippen LogP contribution is -2.30. The molecule has 0 bridgehead atoms. The molecule has 1 aliphatic rings. The maximum Gasteiger partial charge on any atom is 0.319 e. The van der Waals surface area contributed by atoms with Crippen molar-refractivity contribution in [2.24, 2.45) is 5.14 Å². The van der Waals surface area contributed by atoms with Gasteiger partial charge in [0.15, 0.2) is 0 Å². The van der Waals surface area contributed by atoms with Crippen LogP contribution in [0.25, 0.3) is 0 Å². The van der Waals surface area contributed by atoms with E-state index in [0.29, 0.717) is 5.69 Å². The molecule has 18 heavy (non-hydrogen) atoms. The average Bonchev–Trinajstić information content (AvgIpc) is 3.03. The SMILES string of the molecule is Cc1ccc(S(N)(=O)=O)cc1NC(=O)NC1CC1. The van der Waals surface area contributed by atoms with Gasteiger partial charge in [0.25, 0.3) is 0 Å². The van der Waals surface area contributed by atoms with E-state index in [-0.39, 0.29) is 17.0 Å². The van der Waals surface area contributed by atoms with Crippen LogP contribution >= 0.6 is 0 Å². The van der Waals surface area contributed by atoms with Crippen molar-refractivity contribution >= 4 is 21.7 Å². The number of sulfonamides is 1. The van der Waals surface area contributed by atoms with Crippen molar-refractivity contribution in [2.75, 3.05) is 5.32 Å². The Hall–Kier alpha value is -1.60. The van der Waals surface area contributed by atoms with E-state index in [1.165, 1.54) is 12.1 Å². The molecule has 0 heterocycles. The topological polar surface area (TPSA) is 101 Å². The number of anilines is 1. The molecule has 0 saturated heterocycles. The van der Waals surface area contributed by atoms with Crippen molar-refractivity contribution < 1.29 is 13.2 Å². The highest BCUT2D eigenvalue weighted by Gasteiger charge is 2.23. The third kappa shape index (κ3) is 3.21. The summed E-state index contributed by atoms with van der Waals surface area (Å²) in [6, 6.07) is 4.29. The average molecular weight is 269 g/mol. The van der Waals surface area contributed by atoms with E-state index in [9.17, 15) is 13.2 Å². The van der Waals surface area contributed by atoms with Gasteiger partial charge in [-0.1, -0.05) is 6.07 Å². The van der Waals surface area contributed by atoms with E-state index in [0.717, 1.165) is 18.4 Å². The van der Waals surface area contributed by atoms with Crippen molar-refractivity contribution in [3.05, 3.63) is 23.8 Å². The van der Waals surface area contributed by atoms with Crippen LogP contribution in [0.1, 0.15) is 18.4 Å².